The van der Waals surface area contributed by atoms with Crippen molar-refractivity contribution in [1.29, 1.82) is 0 Å². The highest BCUT2D eigenvalue weighted by atomic mass is 16.7. The SMILES string of the molecule is COCCOCOc1ccc(CCc2cnc3c(N)nc4cc(C)ccc4c3c2)cc1. The summed E-state index contributed by atoms with van der Waals surface area (Å²) < 4.78 is 15.8. The van der Waals surface area contributed by atoms with Crippen molar-refractivity contribution >= 4 is 27.6 Å². The second-order valence-electron chi connectivity index (χ2n) is 7.56. The molecule has 0 aliphatic heterocycles. The van der Waals surface area contributed by atoms with Crippen LogP contribution in [-0.4, -0.2) is 37.1 Å². The summed E-state index contributed by atoms with van der Waals surface area (Å²) in [6.07, 6.45) is 3.70. The molecular formula is C25H27N3O3. The van der Waals surface area contributed by atoms with E-state index in [4.69, 9.17) is 19.9 Å². The number of nitrogens with two attached hydrogens (primary N) is 1. The van der Waals surface area contributed by atoms with E-state index in [1.165, 1.54) is 11.1 Å². The molecule has 0 unspecified atom stereocenters. The maximum absolute atomic E-state index is 6.16. The zero-order valence-corrected chi connectivity index (χ0v) is 17.9. The van der Waals surface area contributed by atoms with Crippen LogP contribution >= 0.6 is 0 Å². The fourth-order valence-electron chi connectivity index (χ4n) is 3.55. The number of nitrogens with zero attached hydrogens (tertiary/aromatic N) is 2. The Balaban J connectivity index is 1.43. The van der Waals surface area contributed by atoms with Gasteiger partial charge in [-0.3, -0.25) is 4.98 Å². The van der Waals surface area contributed by atoms with Crippen LogP contribution in [0.3, 0.4) is 0 Å². The van der Waals surface area contributed by atoms with E-state index in [1.807, 2.05) is 18.3 Å². The van der Waals surface area contributed by atoms with Crippen molar-refractivity contribution in [2.24, 2.45) is 0 Å². The number of pyridine rings is 2. The molecule has 0 spiro atoms. The smallest absolute Gasteiger partial charge is 0.189 e. The molecule has 0 aliphatic carbocycles. The number of nitrogen functional groups attached to an aromatic ring is 1. The minimum Gasteiger partial charge on any atom is -0.468 e. The lowest BCUT2D eigenvalue weighted by Crippen LogP contribution is -2.07. The van der Waals surface area contributed by atoms with E-state index in [1.54, 1.807) is 7.11 Å². The highest BCUT2D eigenvalue weighted by Gasteiger charge is 2.09. The number of methoxy groups -OCH3 is 1. The molecule has 160 valence electrons. The Bertz CT molecular complexity index is 1180. The van der Waals surface area contributed by atoms with Gasteiger partial charge >= 0.3 is 0 Å². The highest BCUT2D eigenvalue weighted by molar-refractivity contribution is 6.08. The van der Waals surface area contributed by atoms with Crippen LogP contribution in [-0.2, 0) is 22.3 Å². The minimum atomic E-state index is 0.219. The van der Waals surface area contributed by atoms with Gasteiger partial charge in [-0.25, -0.2) is 4.98 Å². The van der Waals surface area contributed by atoms with Crippen LogP contribution in [0.2, 0.25) is 0 Å². The van der Waals surface area contributed by atoms with Gasteiger partial charge in [0, 0.05) is 24.1 Å². The topological polar surface area (TPSA) is 79.5 Å². The molecule has 0 amide bonds. The average molecular weight is 418 g/mol. The molecule has 0 bridgehead atoms. The summed E-state index contributed by atoms with van der Waals surface area (Å²) >= 11 is 0. The van der Waals surface area contributed by atoms with Crippen molar-refractivity contribution < 1.29 is 14.2 Å². The highest BCUT2D eigenvalue weighted by Crippen LogP contribution is 2.28. The standard InChI is InChI=1S/C25H27N3O3/c1-17-3-10-21-22-14-19(15-27-24(22)25(26)28-23(21)13-17)5-4-18-6-8-20(9-7-18)31-16-30-12-11-29-2/h3,6-10,13-15H,4-5,11-12,16H2,1-2H3,(H2,26,28). The Morgan fingerprint density at radius 1 is 0.903 bits per heavy atom. The third-order valence-corrected chi connectivity index (χ3v) is 5.24. The average Bonchev–Trinajstić information content (AvgIpc) is 2.78. The van der Waals surface area contributed by atoms with E-state index in [0.717, 1.165) is 46.0 Å². The fraction of sp³-hybridized carbons (Fsp3) is 0.280. The molecule has 2 aromatic carbocycles. The molecule has 2 N–H and O–H groups in total. The van der Waals surface area contributed by atoms with Gasteiger partial charge in [0.25, 0.3) is 0 Å². The number of hydrogen-bond acceptors (Lipinski definition) is 6. The van der Waals surface area contributed by atoms with Gasteiger partial charge in [-0.2, -0.15) is 0 Å². The van der Waals surface area contributed by atoms with Crippen molar-refractivity contribution in [3.63, 3.8) is 0 Å². The Morgan fingerprint density at radius 3 is 2.52 bits per heavy atom. The summed E-state index contributed by atoms with van der Waals surface area (Å²) in [5.41, 5.74) is 11.4. The number of aryl methyl sites for hydroxylation is 3. The lowest BCUT2D eigenvalue weighted by molar-refractivity contribution is -0.00847. The number of benzene rings is 2. The maximum Gasteiger partial charge on any atom is 0.189 e. The second kappa shape index (κ2) is 9.73. The minimum absolute atomic E-state index is 0.219. The molecule has 0 fully saturated rings. The third-order valence-electron chi connectivity index (χ3n) is 5.24. The molecule has 2 heterocycles. The van der Waals surface area contributed by atoms with Crippen LogP contribution in [0.25, 0.3) is 21.8 Å². The normalized spacial score (nSPS) is 11.3. The predicted octanol–water partition coefficient (Wildman–Crippen LogP) is 4.46. The molecule has 31 heavy (non-hydrogen) atoms. The monoisotopic (exact) mass is 417 g/mol. The van der Waals surface area contributed by atoms with Crippen molar-refractivity contribution in [3.8, 4) is 5.75 Å². The molecule has 0 saturated heterocycles. The number of anilines is 1. The van der Waals surface area contributed by atoms with E-state index in [2.05, 4.69) is 53.3 Å². The number of rotatable bonds is 9. The van der Waals surface area contributed by atoms with Crippen molar-refractivity contribution in [2.75, 3.05) is 32.9 Å². The Labute approximate surface area is 182 Å². The molecule has 6 nitrogen and oxygen atoms in total. The maximum atomic E-state index is 6.16. The molecule has 6 heteroatoms. The summed E-state index contributed by atoms with van der Waals surface area (Å²) in [7, 11) is 1.65. The number of ether oxygens (including phenoxy) is 3. The van der Waals surface area contributed by atoms with Crippen molar-refractivity contribution in [1.82, 2.24) is 9.97 Å². The van der Waals surface area contributed by atoms with Gasteiger partial charge in [-0.05, 0) is 60.7 Å². The molecule has 0 aliphatic rings. The zero-order valence-electron chi connectivity index (χ0n) is 17.9. The van der Waals surface area contributed by atoms with Crippen LogP contribution in [0.5, 0.6) is 5.75 Å². The van der Waals surface area contributed by atoms with Crippen LogP contribution < -0.4 is 10.5 Å². The molecule has 4 aromatic rings. The van der Waals surface area contributed by atoms with E-state index in [9.17, 15) is 0 Å². The number of fused-ring (bicyclic) bond motifs is 3. The summed E-state index contributed by atoms with van der Waals surface area (Å²) in [6, 6.07) is 16.5. The zero-order chi connectivity index (χ0) is 21.6. The van der Waals surface area contributed by atoms with Crippen LogP contribution in [0.15, 0.2) is 54.7 Å². The van der Waals surface area contributed by atoms with Crippen molar-refractivity contribution in [3.05, 3.63) is 71.4 Å². The molecule has 0 atom stereocenters. The van der Waals surface area contributed by atoms with E-state index in [-0.39, 0.29) is 6.79 Å². The van der Waals surface area contributed by atoms with E-state index < -0.39 is 0 Å². The largest absolute Gasteiger partial charge is 0.468 e. The van der Waals surface area contributed by atoms with Gasteiger partial charge in [-0.1, -0.05) is 24.3 Å². The predicted molar refractivity (Wildman–Crippen MR) is 123 cm³/mol. The van der Waals surface area contributed by atoms with Crippen LogP contribution in [0.1, 0.15) is 16.7 Å². The quantitative estimate of drug-likeness (QED) is 0.246. The number of aromatic nitrogens is 2. The third kappa shape index (κ3) is 5.10. The van der Waals surface area contributed by atoms with Gasteiger partial charge in [0.2, 0.25) is 0 Å². The van der Waals surface area contributed by atoms with E-state index >= 15 is 0 Å². The van der Waals surface area contributed by atoms with Gasteiger partial charge in [-0.15, -0.1) is 0 Å². The first-order valence-corrected chi connectivity index (χ1v) is 10.4. The van der Waals surface area contributed by atoms with Gasteiger partial charge in [0.1, 0.15) is 11.3 Å². The molecular weight excluding hydrogens is 390 g/mol. The first kappa shape index (κ1) is 21.0. The van der Waals surface area contributed by atoms with Crippen LogP contribution in [0, 0.1) is 6.92 Å². The van der Waals surface area contributed by atoms with Gasteiger partial charge < -0.3 is 19.9 Å². The number of hydrogen-bond donors (Lipinski definition) is 1. The first-order valence-electron chi connectivity index (χ1n) is 10.4. The summed E-state index contributed by atoms with van der Waals surface area (Å²) in [5.74, 6) is 1.26. The summed E-state index contributed by atoms with van der Waals surface area (Å²) in [5, 5.41) is 2.13. The fourth-order valence-corrected chi connectivity index (χ4v) is 3.55. The molecule has 2 aromatic heterocycles. The first-order chi connectivity index (χ1) is 15.1. The summed E-state index contributed by atoms with van der Waals surface area (Å²) in [4.78, 5) is 9.12. The Hall–Kier alpha value is -3.22. The lowest BCUT2D eigenvalue weighted by atomic mass is 10.0. The Kier molecular flexibility index (Phi) is 6.60. The molecule has 0 saturated carbocycles. The summed E-state index contributed by atoms with van der Waals surface area (Å²) in [6.45, 7) is 3.35. The van der Waals surface area contributed by atoms with Crippen molar-refractivity contribution in [2.45, 2.75) is 19.8 Å². The van der Waals surface area contributed by atoms with E-state index in [0.29, 0.717) is 19.0 Å². The lowest BCUT2D eigenvalue weighted by Gasteiger charge is -2.10. The Morgan fingerprint density at radius 2 is 1.71 bits per heavy atom. The molecule has 4 rings (SSSR count). The van der Waals surface area contributed by atoms with Gasteiger partial charge in [0.05, 0.1) is 18.7 Å². The van der Waals surface area contributed by atoms with Gasteiger partial charge in [0.15, 0.2) is 12.6 Å². The second-order valence-corrected chi connectivity index (χ2v) is 7.56. The van der Waals surface area contributed by atoms with Crippen LogP contribution in [0.4, 0.5) is 5.82 Å². The molecule has 0 radical (unpaired) electrons.